The molecule has 2 N–H and O–H groups in total. The molecule has 0 aliphatic carbocycles. The summed E-state index contributed by atoms with van der Waals surface area (Å²) in [6, 6.07) is 3.89. The Morgan fingerprint density at radius 1 is 1.33 bits per heavy atom. The fraction of sp³-hybridized carbons (Fsp3) is 0.571. The third-order valence-electron chi connectivity index (χ3n) is 3.10. The van der Waals surface area contributed by atoms with Gasteiger partial charge in [0.15, 0.2) is 0 Å². The molecule has 4 nitrogen and oxygen atoms in total. The van der Waals surface area contributed by atoms with Crippen LogP contribution in [0, 0.1) is 5.92 Å². The van der Waals surface area contributed by atoms with Crippen molar-refractivity contribution in [3.63, 3.8) is 0 Å². The molecule has 1 amide bonds. The number of carbonyl (C=O) groups excluding carboxylic acids is 1. The Bertz CT molecular complexity index is 365. The predicted molar refractivity (Wildman–Crippen MR) is 74.3 cm³/mol. The van der Waals surface area contributed by atoms with Crippen molar-refractivity contribution >= 4 is 11.6 Å². The lowest BCUT2D eigenvalue weighted by atomic mass is 10.0. The van der Waals surface area contributed by atoms with Crippen LogP contribution in [0.5, 0.6) is 0 Å². The van der Waals surface area contributed by atoms with Crippen molar-refractivity contribution in [3.05, 3.63) is 24.5 Å². The number of carbonyl (C=O) groups is 1. The Balaban J connectivity index is 2.48. The van der Waals surface area contributed by atoms with Crippen LogP contribution in [0.1, 0.15) is 33.1 Å². The van der Waals surface area contributed by atoms with Crippen molar-refractivity contribution in [1.29, 1.82) is 0 Å². The second-order valence-corrected chi connectivity index (χ2v) is 4.91. The van der Waals surface area contributed by atoms with Gasteiger partial charge >= 0.3 is 0 Å². The summed E-state index contributed by atoms with van der Waals surface area (Å²) >= 11 is 0. The first-order valence-corrected chi connectivity index (χ1v) is 6.45. The van der Waals surface area contributed by atoms with Crippen LogP contribution in [0.4, 0.5) is 5.69 Å². The van der Waals surface area contributed by atoms with E-state index in [1.165, 1.54) is 0 Å². The van der Waals surface area contributed by atoms with E-state index in [4.69, 9.17) is 5.73 Å². The van der Waals surface area contributed by atoms with Gasteiger partial charge in [-0.25, -0.2) is 0 Å². The molecule has 2 unspecified atom stereocenters. The Morgan fingerprint density at radius 2 is 1.94 bits per heavy atom. The lowest BCUT2D eigenvalue weighted by Gasteiger charge is -2.21. The van der Waals surface area contributed by atoms with Crippen LogP contribution in [0.25, 0.3) is 0 Å². The molecule has 1 heterocycles. The van der Waals surface area contributed by atoms with Crippen LogP contribution in [0.2, 0.25) is 0 Å². The zero-order valence-corrected chi connectivity index (χ0v) is 11.5. The van der Waals surface area contributed by atoms with E-state index in [2.05, 4.69) is 4.98 Å². The van der Waals surface area contributed by atoms with E-state index >= 15 is 0 Å². The van der Waals surface area contributed by atoms with E-state index in [0.29, 0.717) is 0 Å². The summed E-state index contributed by atoms with van der Waals surface area (Å²) in [5.41, 5.74) is 6.59. The number of anilines is 1. The molecular weight excluding hydrogens is 226 g/mol. The lowest BCUT2D eigenvalue weighted by Crippen LogP contribution is -2.31. The maximum atomic E-state index is 12.2. The molecule has 100 valence electrons. The maximum absolute atomic E-state index is 12.2. The topological polar surface area (TPSA) is 59.2 Å². The summed E-state index contributed by atoms with van der Waals surface area (Å²) in [4.78, 5) is 17.8. The minimum Gasteiger partial charge on any atom is -0.328 e. The van der Waals surface area contributed by atoms with Crippen molar-refractivity contribution in [2.24, 2.45) is 11.7 Å². The average molecular weight is 249 g/mol. The number of nitrogens with zero attached hydrogens (tertiary/aromatic N) is 2. The molecule has 0 radical (unpaired) electrons. The molecular formula is C14H23N3O. The lowest BCUT2D eigenvalue weighted by molar-refractivity contribution is -0.121. The molecule has 18 heavy (non-hydrogen) atoms. The van der Waals surface area contributed by atoms with E-state index in [9.17, 15) is 4.79 Å². The molecule has 0 saturated carbocycles. The number of pyridine rings is 1. The van der Waals surface area contributed by atoms with Crippen molar-refractivity contribution in [2.75, 3.05) is 11.9 Å². The van der Waals surface area contributed by atoms with Crippen LogP contribution >= 0.6 is 0 Å². The predicted octanol–water partition coefficient (Wildman–Crippen LogP) is 2.20. The van der Waals surface area contributed by atoms with Crippen LogP contribution < -0.4 is 10.6 Å². The van der Waals surface area contributed by atoms with E-state index in [0.717, 1.165) is 24.9 Å². The van der Waals surface area contributed by atoms with Crippen LogP contribution in [0.15, 0.2) is 24.5 Å². The van der Waals surface area contributed by atoms with Crippen molar-refractivity contribution in [2.45, 2.75) is 39.2 Å². The molecule has 0 aliphatic rings. The summed E-state index contributed by atoms with van der Waals surface area (Å²) in [6.45, 7) is 3.97. The van der Waals surface area contributed by atoms with Crippen LogP contribution in [0.3, 0.4) is 0 Å². The Hall–Kier alpha value is -1.42. The first-order chi connectivity index (χ1) is 8.52. The fourth-order valence-corrected chi connectivity index (χ4v) is 1.89. The Labute approximate surface area is 109 Å². The van der Waals surface area contributed by atoms with Crippen LogP contribution in [-0.2, 0) is 4.79 Å². The first kappa shape index (κ1) is 14.6. The molecule has 0 aliphatic heterocycles. The summed E-state index contributed by atoms with van der Waals surface area (Å²) in [6.07, 6.45) is 6.24. The van der Waals surface area contributed by atoms with Gasteiger partial charge in [-0.2, -0.15) is 0 Å². The molecule has 1 aromatic rings. The van der Waals surface area contributed by atoms with E-state index in [-0.39, 0.29) is 17.9 Å². The van der Waals surface area contributed by atoms with Crippen LogP contribution in [-0.4, -0.2) is 24.0 Å². The van der Waals surface area contributed by atoms with E-state index in [1.807, 2.05) is 26.0 Å². The number of hydrogen-bond donors (Lipinski definition) is 1. The minimum atomic E-state index is 0.0296. The molecule has 0 aromatic carbocycles. The summed E-state index contributed by atoms with van der Waals surface area (Å²) in [7, 11) is 1.81. The maximum Gasteiger partial charge on any atom is 0.229 e. The largest absolute Gasteiger partial charge is 0.328 e. The van der Waals surface area contributed by atoms with Gasteiger partial charge in [0.2, 0.25) is 5.91 Å². The SMILES string of the molecule is CC(N)CCCC(C)C(=O)N(C)c1ccncc1. The third-order valence-corrected chi connectivity index (χ3v) is 3.10. The van der Waals surface area contributed by atoms with Gasteiger partial charge in [0, 0.05) is 37.1 Å². The second-order valence-electron chi connectivity index (χ2n) is 4.91. The van der Waals surface area contributed by atoms with Crippen molar-refractivity contribution in [3.8, 4) is 0 Å². The number of nitrogens with two attached hydrogens (primary N) is 1. The van der Waals surface area contributed by atoms with Gasteiger partial charge in [-0.05, 0) is 31.9 Å². The highest BCUT2D eigenvalue weighted by molar-refractivity contribution is 5.94. The third kappa shape index (κ3) is 4.45. The summed E-state index contributed by atoms with van der Waals surface area (Å²) in [5.74, 6) is 0.174. The molecule has 1 aromatic heterocycles. The average Bonchev–Trinajstić information content (AvgIpc) is 2.37. The molecule has 0 fully saturated rings. The Kier molecular flexibility index (Phi) is 5.78. The fourth-order valence-electron chi connectivity index (χ4n) is 1.89. The zero-order valence-electron chi connectivity index (χ0n) is 11.5. The van der Waals surface area contributed by atoms with Gasteiger partial charge in [-0.3, -0.25) is 9.78 Å². The van der Waals surface area contributed by atoms with Gasteiger partial charge in [0.25, 0.3) is 0 Å². The van der Waals surface area contributed by atoms with Crippen molar-refractivity contribution in [1.82, 2.24) is 4.98 Å². The summed E-state index contributed by atoms with van der Waals surface area (Å²) < 4.78 is 0. The Morgan fingerprint density at radius 3 is 2.50 bits per heavy atom. The standard InChI is InChI=1S/C14H23N3O/c1-11(5-4-6-12(2)15)14(18)17(3)13-7-9-16-10-8-13/h7-12H,4-6,15H2,1-3H3. The number of aromatic nitrogens is 1. The van der Waals surface area contributed by atoms with Gasteiger partial charge in [-0.15, -0.1) is 0 Å². The number of hydrogen-bond acceptors (Lipinski definition) is 3. The van der Waals surface area contributed by atoms with Gasteiger partial charge < -0.3 is 10.6 Å². The normalized spacial score (nSPS) is 14.0. The van der Waals surface area contributed by atoms with Gasteiger partial charge in [0.05, 0.1) is 0 Å². The van der Waals surface area contributed by atoms with Gasteiger partial charge in [-0.1, -0.05) is 13.3 Å². The van der Waals surface area contributed by atoms with Gasteiger partial charge in [0.1, 0.15) is 0 Å². The minimum absolute atomic E-state index is 0.0296. The highest BCUT2D eigenvalue weighted by atomic mass is 16.2. The number of amides is 1. The van der Waals surface area contributed by atoms with E-state index in [1.54, 1.807) is 24.3 Å². The smallest absolute Gasteiger partial charge is 0.229 e. The molecule has 0 bridgehead atoms. The monoisotopic (exact) mass is 249 g/mol. The molecule has 4 heteroatoms. The quantitative estimate of drug-likeness (QED) is 0.840. The first-order valence-electron chi connectivity index (χ1n) is 6.45. The second kappa shape index (κ2) is 7.11. The number of rotatable bonds is 6. The molecule has 0 saturated heterocycles. The van der Waals surface area contributed by atoms with Crippen molar-refractivity contribution < 1.29 is 4.79 Å². The molecule has 0 spiro atoms. The highest BCUT2D eigenvalue weighted by Gasteiger charge is 2.18. The highest BCUT2D eigenvalue weighted by Crippen LogP contribution is 2.17. The van der Waals surface area contributed by atoms with E-state index < -0.39 is 0 Å². The molecule has 1 rings (SSSR count). The molecule has 2 atom stereocenters. The zero-order chi connectivity index (χ0) is 13.5. The summed E-state index contributed by atoms with van der Waals surface area (Å²) in [5, 5.41) is 0.